The maximum atomic E-state index is 13.3. The number of benzene rings is 2. The molecule has 0 bridgehead atoms. The van der Waals surface area contributed by atoms with Crippen molar-refractivity contribution in [3.63, 3.8) is 0 Å². The second kappa shape index (κ2) is 8.59. The van der Waals surface area contributed by atoms with Gasteiger partial charge in [-0.05, 0) is 31.0 Å². The quantitative estimate of drug-likeness (QED) is 0.630. The zero-order chi connectivity index (χ0) is 23.2. The van der Waals surface area contributed by atoms with Crippen molar-refractivity contribution in [1.82, 2.24) is 9.80 Å². The molecule has 3 heterocycles. The third kappa shape index (κ3) is 4.30. The van der Waals surface area contributed by atoms with E-state index in [0.29, 0.717) is 40.8 Å². The van der Waals surface area contributed by atoms with Gasteiger partial charge < -0.3 is 9.52 Å². The van der Waals surface area contributed by atoms with Gasteiger partial charge in [-0.25, -0.2) is 8.42 Å². The van der Waals surface area contributed by atoms with E-state index in [9.17, 15) is 18.3 Å². The first-order chi connectivity index (χ1) is 15.8. The molecule has 2 aliphatic heterocycles. The molecule has 1 atom stereocenters. The average Bonchev–Trinajstić information content (AvgIpc) is 3.17. The Bertz CT molecular complexity index is 1340. The largest absolute Gasteiger partial charge is 0.507 e. The molecule has 0 aliphatic carbocycles. The van der Waals surface area contributed by atoms with Gasteiger partial charge in [0.25, 0.3) is 0 Å². The average molecular weight is 469 g/mol. The van der Waals surface area contributed by atoms with Crippen LogP contribution in [0.25, 0.3) is 22.1 Å². The molecule has 5 rings (SSSR count). The minimum atomic E-state index is -2.90. The van der Waals surface area contributed by atoms with Gasteiger partial charge >= 0.3 is 0 Å². The summed E-state index contributed by atoms with van der Waals surface area (Å²) in [4.78, 5) is 17.8. The van der Waals surface area contributed by atoms with Gasteiger partial charge in [0.15, 0.2) is 9.84 Å². The second-order valence-corrected chi connectivity index (χ2v) is 11.3. The van der Waals surface area contributed by atoms with Gasteiger partial charge in [0.2, 0.25) is 5.43 Å². The predicted molar refractivity (Wildman–Crippen MR) is 128 cm³/mol. The van der Waals surface area contributed by atoms with Gasteiger partial charge in [-0.2, -0.15) is 0 Å². The van der Waals surface area contributed by atoms with Crippen LogP contribution in [0.3, 0.4) is 0 Å². The smallest absolute Gasteiger partial charge is 0.200 e. The normalized spacial score (nSPS) is 21.5. The lowest BCUT2D eigenvalue weighted by Gasteiger charge is -2.37. The number of nitrogens with zero attached hydrogens (tertiary/aromatic N) is 2. The van der Waals surface area contributed by atoms with Crippen molar-refractivity contribution in [2.75, 3.05) is 37.7 Å². The third-order valence-electron chi connectivity index (χ3n) is 6.89. The fraction of sp³-hybridized carbons (Fsp3) is 0.400. The zero-order valence-corrected chi connectivity index (χ0v) is 19.5. The van der Waals surface area contributed by atoms with Crippen LogP contribution in [0.2, 0.25) is 0 Å². The minimum absolute atomic E-state index is 0.103. The van der Waals surface area contributed by atoms with Crippen LogP contribution in [-0.2, 0) is 16.4 Å². The van der Waals surface area contributed by atoms with E-state index in [2.05, 4.69) is 9.80 Å². The van der Waals surface area contributed by atoms with E-state index >= 15 is 0 Å². The number of hydrogen-bond acceptors (Lipinski definition) is 7. The Labute approximate surface area is 193 Å². The molecule has 8 heteroatoms. The number of fused-ring (bicyclic) bond motifs is 1. The maximum absolute atomic E-state index is 13.3. The van der Waals surface area contributed by atoms with Crippen molar-refractivity contribution in [3.8, 4) is 16.9 Å². The minimum Gasteiger partial charge on any atom is -0.507 e. The molecule has 1 aromatic heterocycles. The molecule has 2 fully saturated rings. The summed E-state index contributed by atoms with van der Waals surface area (Å²) in [6.45, 7) is 5.34. The lowest BCUT2D eigenvalue weighted by atomic mass is 10.0. The fourth-order valence-corrected chi connectivity index (χ4v) is 6.84. The van der Waals surface area contributed by atoms with Crippen LogP contribution in [0.4, 0.5) is 0 Å². The van der Waals surface area contributed by atoms with E-state index in [1.807, 2.05) is 30.3 Å². The Morgan fingerprint density at radius 1 is 1.06 bits per heavy atom. The SMILES string of the molecule is Cc1oc2c(CN3CCN([C@@H]4CCS(=O)(=O)C4)CC3)c(O)ccc2c(=O)c1-c1ccccc1. The molecule has 1 N–H and O–H groups in total. The fourth-order valence-electron chi connectivity index (χ4n) is 5.08. The highest BCUT2D eigenvalue weighted by Gasteiger charge is 2.34. The first kappa shape index (κ1) is 22.1. The Hall–Kier alpha value is -2.68. The summed E-state index contributed by atoms with van der Waals surface area (Å²) in [6.07, 6.45) is 0.709. The molecule has 33 heavy (non-hydrogen) atoms. The molecule has 2 aromatic carbocycles. The van der Waals surface area contributed by atoms with Crippen LogP contribution in [0.1, 0.15) is 17.7 Å². The molecule has 0 unspecified atom stereocenters. The number of piperazine rings is 1. The van der Waals surface area contributed by atoms with E-state index in [1.54, 1.807) is 19.1 Å². The molecule has 0 radical (unpaired) electrons. The van der Waals surface area contributed by atoms with Gasteiger partial charge in [-0.1, -0.05) is 30.3 Å². The molecule has 0 saturated carbocycles. The molecule has 0 amide bonds. The lowest BCUT2D eigenvalue weighted by molar-refractivity contribution is 0.0996. The molecule has 2 saturated heterocycles. The highest BCUT2D eigenvalue weighted by atomic mass is 32.2. The van der Waals surface area contributed by atoms with Crippen molar-refractivity contribution in [2.45, 2.75) is 25.9 Å². The number of phenolic OH excluding ortho intramolecular Hbond substituents is 1. The molecule has 174 valence electrons. The monoisotopic (exact) mass is 468 g/mol. The molecular weight excluding hydrogens is 440 g/mol. The van der Waals surface area contributed by atoms with Crippen molar-refractivity contribution in [2.24, 2.45) is 0 Å². The van der Waals surface area contributed by atoms with Crippen LogP contribution in [-0.4, -0.2) is 67.1 Å². The number of sulfone groups is 1. The van der Waals surface area contributed by atoms with Crippen LogP contribution >= 0.6 is 0 Å². The molecule has 2 aliphatic rings. The Kier molecular flexibility index (Phi) is 5.76. The van der Waals surface area contributed by atoms with E-state index < -0.39 is 9.84 Å². The molecule has 7 nitrogen and oxygen atoms in total. The number of hydrogen-bond donors (Lipinski definition) is 1. The molecular formula is C25H28N2O5S. The highest BCUT2D eigenvalue weighted by Crippen LogP contribution is 2.31. The number of phenols is 1. The summed E-state index contributed by atoms with van der Waals surface area (Å²) in [5.41, 5.74) is 2.30. The predicted octanol–water partition coefficient (Wildman–Crippen LogP) is 2.78. The molecule has 0 spiro atoms. The lowest BCUT2D eigenvalue weighted by Crippen LogP contribution is -2.50. The van der Waals surface area contributed by atoms with Crippen LogP contribution in [0.15, 0.2) is 51.7 Å². The van der Waals surface area contributed by atoms with Crippen molar-refractivity contribution in [3.05, 3.63) is 64.0 Å². The van der Waals surface area contributed by atoms with Crippen LogP contribution in [0, 0.1) is 6.92 Å². The Morgan fingerprint density at radius 3 is 2.45 bits per heavy atom. The highest BCUT2D eigenvalue weighted by molar-refractivity contribution is 7.91. The summed E-state index contributed by atoms with van der Waals surface area (Å²) in [5, 5.41) is 11.1. The van der Waals surface area contributed by atoms with E-state index in [0.717, 1.165) is 31.7 Å². The number of aryl methyl sites for hydroxylation is 1. The summed E-state index contributed by atoms with van der Waals surface area (Å²) in [5.74, 6) is 1.18. The standard InChI is InChI=1S/C25H28N2O5S/c1-17-23(18-5-3-2-4-6-18)24(29)20-7-8-22(28)21(25(20)32-17)15-26-10-12-27(13-11-26)19-9-14-33(30,31)16-19/h2-8,19,28H,9-16H2,1H3/t19-/m1/s1. The second-order valence-electron chi connectivity index (χ2n) is 9.04. The van der Waals surface area contributed by atoms with E-state index in [4.69, 9.17) is 4.42 Å². The summed E-state index contributed by atoms with van der Waals surface area (Å²) < 4.78 is 29.8. The summed E-state index contributed by atoms with van der Waals surface area (Å²) in [7, 11) is -2.90. The summed E-state index contributed by atoms with van der Waals surface area (Å²) in [6, 6.07) is 12.8. The van der Waals surface area contributed by atoms with Gasteiger partial charge in [-0.3, -0.25) is 14.6 Å². The van der Waals surface area contributed by atoms with Gasteiger partial charge in [0.05, 0.1) is 28.0 Å². The maximum Gasteiger partial charge on any atom is 0.200 e. The summed E-state index contributed by atoms with van der Waals surface area (Å²) >= 11 is 0. The number of aromatic hydroxyl groups is 1. The van der Waals surface area contributed by atoms with Crippen LogP contribution in [0.5, 0.6) is 5.75 Å². The van der Waals surface area contributed by atoms with E-state index in [1.165, 1.54) is 0 Å². The van der Waals surface area contributed by atoms with Gasteiger partial charge in [0.1, 0.15) is 17.1 Å². The Morgan fingerprint density at radius 2 is 1.79 bits per heavy atom. The Balaban J connectivity index is 1.40. The first-order valence-corrected chi connectivity index (χ1v) is 13.1. The van der Waals surface area contributed by atoms with Crippen molar-refractivity contribution >= 4 is 20.8 Å². The number of rotatable bonds is 4. The van der Waals surface area contributed by atoms with Crippen molar-refractivity contribution < 1.29 is 17.9 Å². The van der Waals surface area contributed by atoms with Crippen LogP contribution < -0.4 is 5.43 Å². The topological polar surface area (TPSA) is 91.1 Å². The van der Waals surface area contributed by atoms with Gasteiger partial charge in [-0.15, -0.1) is 0 Å². The van der Waals surface area contributed by atoms with Crippen molar-refractivity contribution in [1.29, 1.82) is 0 Å². The first-order valence-electron chi connectivity index (χ1n) is 11.3. The third-order valence-corrected chi connectivity index (χ3v) is 8.64. The molecule has 3 aromatic rings. The zero-order valence-electron chi connectivity index (χ0n) is 18.7. The van der Waals surface area contributed by atoms with E-state index in [-0.39, 0.29) is 28.7 Å². The van der Waals surface area contributed by atoms with Gasteiger partial charge in [0, 0.05) is 38.8 Å².